The summed E-state index contributed by atoms with van der Waals surface area (Å²) >= 11 is 0. The highest BCUT2D eigenvalue weighted by molar-refractivity contribution is 5.90. The fraction of sp³-hybridized carbons (Fsp3) is 0.529. The number of nitrogens with zero attached hydrogens (tertiary/aromatic N) is 1. The number of likely N-dealkylation sites (tertiary alicyclic amines) is 1. The predicted molar refractivity (Wildman–Crippen MR) is 78.8 cm³/mol. The summed E-state index contributed by atoms with van der Waals surface area (Å²) in [5.41, 5.74) is -1.34. The van der Waals surface area contributed by atoms with Gasteiger partial charge in [-0.05, 0) is 30.9 Å². The van der Waals surface area contributed by atoms with Crippen LogP contribution in [-0.4, -0.2) is 35.0 Å². The van der Waals surface area contributed by atoms with Crippen LogP contribution in [0.1, 0.15) is 31.7 Å². The van der Waals surface area contributed by atoms with E-state index in [4.69, 9.17) is 0 Å². The smallest absolute Gasteiger partial charge is 0.308 e. The Morgan fingerprint density at radius 1 is 1.22 bits per heavy atom. The third-order valence-corrected chi connectivity index (χ3v) is 5.27. The zero-order valence-electron chi connectivity index (χ0n) is 12.9. The normalized spacial score (nSPS) is 26.0. The van der Waals surface area contributed by atoms with Crippen LogP contribution in [0.15, 0.2) is 18.2 Å². The highest BCUT2D eigenvalue weighted by Gasteiger charge is 2.52. The lowest BCUT2D eigenvalue weighted by Gasteiger charge is -2.43. The Kier molecular flexibility index (Phi) is 3.86. The van der Waals surface area contributed by atoms with Crippen molar-refractivity contribution in [2.45, 2.75) is 31.6 Å². The van der Waals surface area contributed by atoms with E-state index in [1.165, 1.54) is 23.1 Å². The van der Waals surface area contributed by atoms with E-state index < -0.39 is 28.9 Å². The van der Waals surface area contributed by atoms with Crippen LogP contribution in [0.5, 0.6) is 0 Å². The predicted octanol–water partition coefficient (Wildman–Crippen LogP) is 2.57. The first kappa shape index (κ1) is 15.9. The van der Waals surface area contributed by atoms with Crippen molar-refractivity contribution in [1.29, 1.82) is 0 Å². The van der Waals surface area contributed by atoms with Crippen LogP contribution in [0, 0.1) is 23.5 Å². The SMILES string of the molecule is C[C@@H]1CN(C(=O)C2(c3c(F)cccc3F)CCC2)C[C@H]1C(=O)O. The van der Waals surface area contributed by atoms with Crippen LogP contribution >= 0.6 is 0 Å². The van der Waals surface area contributed by atoms with Gasteiger partial charge in [-0.25, -0.2) is 8.78 Å². The number of carbonyl (C=O) groups is 2. The van der Waals surface area contributed by atoms with E-state index in [0.717, 1.165) is 6.42 Å². The molecule has 0 aromatic heterocycles. The molecule has 6 heteroatoms. The summed E-state index contributed by atoms with van der Waals surface area (Å²) in [6, 6.07) is 3.61. The topological polar surface area (TPSA) is 57.6 Å². The minimum absolute atomic E-state index is 0.104. The highest BCUT2D eigenvalue weighted by Crippen LogP contribution is 2.48. The Labute approximate surface area is 133 Å². The number of rotatable bonds is 3. The second-order valence-electron chi connectivity index (χ2n) is 6.66. The molecule has 1 aliphatic carbocycles. The summed E-state index contributed by atoms with van der Waals surface area (Å²) < 4.78 is 28.4. The Hall–Kier alpha value is -1.98. The Morgan fingerprint density at radius 2 is 1.83 bits per heavy atom. The first-order valence-corrected chi connectivity index (χ1v) is 7.83. The summed E-state index contributed by atoms with van der Waals surface area (Å²) in [5, 5.41) is 9.20. The number of carbonyl (C=O) groups excluding carboxylic acids is 1. The standard InChI is InChI=1S/C17H19F2NO3/c1-10-8-20(9-11(10)15(21)22)16(23)17(6-3-7-17)14-12(18)4-2-5-13(14)19/h2,4-5,10-11H,3,6-9H2,1H3,(H,21,22)/t10-,11-/m1/s1. The number of amides is 1. The van der Waals surface area contributed by atoms with Gasteiger partial charge in [-0.1, -0.05) is 19.4 Å². The fourth-order valence-electron chi connectivity index (χ4n) is 3.81. The third-order valence-electron chi connectivity index (χ3n) is 5.27. The Balaban J connectivity index is 1.93. The van der Waals surface area contributed by atoms with Gasteiger partial charge in [-0.2, -0.15) is 0 Å². The number of carboxylic acids is 1. The largest absolute Gasteiger partial charge is 0.481 e. The molecule has 4 nitrogen and oxygen atoms in total. The quantitative estimate of drug-likeness (QED) is 0.930. The maximum atomic E-state index is 14.2. The van der Waals surface area contributed by atoms with Crippen molar-refractivity contribution in [2.75, 3.05) is 13.1 Å². The van der Waals surface area contributed by atoms with Gasteiger partial charge in [0.2, 0.25) is 5.91 Å². The van der Waals surface area contributed by atoms with Gasteiger partial charge >= 0.3 is 5.97 Å². The first-order chi connectivity index (χ1) is 10.9. The van der Waals surface area contributed by atoms with E-state index in [2.05, 4.69) is 0 Å². The molecule has 124 valence electrons. The van der Waals surface area contributed by atoms with Crippen molar-refractivity contribution in [3.05, 3.63) is 35.4 Å². The van der Waals surface area contributed by atoms with Gasteiger partial charge in [0.15, 0.2) is 0 Å². The maximum Gasteiger partial charge on any atom is 0.308 e. The van der Waals surface area contributed by atoms with Gasteiger partial charge in [-0.3, -0.25) is 9.59 Å². The van der Waals surface area contributed by atoms with Gasteiger partial charge in [0.05, 0.1) is 11.3 Å². The van der Waals surface area contributed by atoms with E-state index in [1.54, 1.807) is 6.92 Å². The number of aliphatic carboxylic acids is 1. The average molecular weight is 323 g/mol. The summed E-state index contributed by atoms with van der Waals surface area (Å²) in [5.74, 6) is -3.49. The molecule has 1 aromatic rings. The van der Waals surface area contributed by atoms with Crippen LogP contribution in [0.2, 0.25) is 0 Å². The van der Waals surface area contributed by atoms with Crippen molar-refractivity contribution in [2.24, 2.45) is 11.8 Å². The van der Waals surface area contributed by atoms with Gasteiger partial charge in [0.1, 0.15) is 11.6 Å². The molecule has 2 atom stereocenters. The van der Waals surface area contributed by atoms with Crippen molar-refractivity contribution in [1.82, 2.24) is 4.90 Å². The van der Waals surface area contributed by atoms with Crippen molar-refractivity contribution in [3.63, 3.8) is 0 Å². The molecule has 1 saturated heterocycles. The minimum atomic E-state index is -1.18. The Bertz CT molecular complexity index is 637. The van der Waals surface area contributed by atoms with Crippen LogP contribution in [0.4, 0.5) is 8.78 Å². The number of benzene rings is 1. The summed E-state index contributed by atoms with van der Waals surface area (Å²) in [7, 11) is 0. The molecule has 0 unspecified atom stereocenters. The summed E-state index contributed by atoms with van der Waals surface area (Å²) in [6.07, 6.45) is 1.52. The van der Waals surface area contributed by atoms with E-state index in [9.17, 15) is 23.5 Å². The summed E-state index contributed by atoms with van der Waals surface area (Å²) in [6.45, 7) is 2.20. The lowest BCUT2D eigenvalue weighted by Crippen LogP contribution is -2.51. The molecule has 1 aliphatic heterocycles. The number of carboxylic acid groups (broad SMARTS) is 1. The van der Waals surface area contributed by atoms with Crippen LogP contribution in [0.25, 0.3) is 0 Å². The monoisotopic (exact) mass is 323 g/mol. The van der Waals surface area contributed by atoms with Gasteiger partial charge in [0.25, 0.3) is 0 Å². The molecule has 1 saturated carbocycles. The average Bonchev–Trinajstić information content (AvgIpc) is 2.82. The molecule has 2 aliphatic rings. The van der Waals surface area contributed by atoms with Gasteiger partial charge < -0.3 is 10.0 Å². The molecule has 1 aromatic carbocycles. The lowest BCUT2D eigenvalue weighted by molar-refractivity contribution is -0.143. The zero-order chi connectivity index (χ0) is 16.8. The van der Waals surface area contributed by atoms with Gasteiger partial charge in [-0.15, -0.1) is 0 Å². The van der Waals surface area contributed by atoms with E-state index >= 15 is 0 Å². The van der Waals surface area contributed by atoms with E-state index in [-0.39, 0.29) is 23.9 Å². The fourth-order valence-corrected chi connectivity index (χ4v) is 3.81. The highest BCUT2D eigenvalue weighted by atomic mass is 19.1. The maximum absolute atomic E-state index is 14.2. The minimum Gasteiger partial charge on any atom is -0.481 e. The third kappa shape index (κ3) is 2.40. The van der Waals surface area contributed by atoms with Crippen molar-refractivity contribution >= 4 is 11.9 Å². The number of hydrogen-bond donors (Lipinski definition) is 1. The molecule has 1 heterocycles. The van der Waals surface area contributed by atoms with Crippen LogP contribution in [-0.2, 0) is 15.0 Å². The molecule has 0 spiro atoms. The molecule has 0 bridgehead atoms. The lowest BCUT2D eigenvalue weighted by atomic mass is 9.63. The van der Waals surface area contributed by atoms with Crippen molar-refractivity contribution in [3.8, 4) is 0 Å². The zero-order valence-corrected chi connectivity index (χ0v) is 12.9. The van der Waals surface area contributed by atoms with E-state index in [0.29, 0.717) is 19.4 Å². The molecular weight excluding hydrogens is 304 g/mol. The molecule has 0 radical (unpaired) electrons. The second kappa shape index (κ2) is 5.58. The van der Waals surface area contributed by atoms with Crippen LogP contribution in [0.3, 0.4) is 0 Å². The molecule has 1 N–H and O–H groups in total. The van der Waals surface area contributed by atoms with Crippen LogP contribution < -0.4 is 0 Å². The van der Waals surface area contributed by atoms with E-state index in [1.807, 2.05) is 0 Å². The number of halogens is 2. The first-order valence-electron chi connectivity index (χ1n) is 7.83. The second-order valence-corrected chi connectivity index (χ2v) is 6.66. The molecule has 23 heavy (non-hydrogen) atoms. The molecular formula is C17H19F2NO3. The molecule has 1 amide bonds. The molecule has 3 rings (SSSR count). The van der Waals surface area contributed by atoms with Crippen molar-refractivity contribution < 1.29 is 23.5 Å². The number of hydrogen-bond acceptors (Lipinski definition) is 2. The molecule has 2 fully saturated rings. The Morgan fingerprint density at radius 3 is 2.26 bits per heavy atom. The summed E-state index contributed by atoms with van der Waals surface area (Å²) in [4.78, 5) is 25.7. The van der Waals surface area contributed by atoms with Gasteiger partial charge in [0, 0.05) is 18.7 Å².